The lowest BCUT2D eigenvalue weighted by molar-refractivity contribution is 0.0993. The van der Waals surface area contributed by atoms with Crippen molar-refractivity contribution >= 4 is 33.3 Å². The summed E-state index contributed by atoms with van der Waals surface area (Å²) in [6.07, 6.45) is 0.327. The molecule has 0 unspecified atom stereocenters. The van der Waals surface area contributed by atoms with E-state index < -0.39 is 0 Å². The molecule has 0 aliphatic carbocycles. The second-order valence-corrected chi connectivity index (χ2v) is 6.44. The second kappa shape index (κ2) is 6.55. The van der Waals surface area contributed by atoms with Crippen molar-refractivity contribution in [2.45, 2.75) is 26.2 Å². The molecular weight excluding hydrogens is 336 g/mol. The molecule has 0 saturated heterocycles. The summed E-state index contributed by atoms with van der Waals surface area (Å²) in [5, 5.41) is 0.617. The van der Waals surface area contributed by atoms with Crippen LogP contribution < -0.4 is 0 Å². The van der Waals surface area contributed by atoms with E-state index in [1.807, 2.05) is 42.5 Å². The van der Waals surface area contributed by atoms with Crippen molar-refractivity contribution in [3.05, 3.63) is 68.7 Å². The predicted molar refractivity (Wildman–Crippen MR) is 87.7 cm³/mol. The van der Waals surface area contributed by atoms with Gasteiger partial charge in [0.2, 0.25) is 0 Å². The zero-order valence-corrected chi connectivity index (χ0v) is 13.8. The predicted octanol–water partition coefficient (Wildman–Crippen LogP) is 5.65. The van der Waals surface area contributed by atoms with E-state index in [2.05, 4.69) is 29.8 Å². The summed E-state index contributed by atoms with van der Waals surface area (Å²) in [5.41, 5.74) is 2.82. The smallest absolute Gasteiger partial charge is 0.167 e. The fourth-order valence-corrected chi connectivity index (χ4v) is 2.73. The standard InChI is InChI=1S/C17H16BrClO/c1-11(2)12-3-5-13(6-4-12)17(20)9-14-7-8-15(18)10-16(14)19/h3-8,10-11H,9H2,1-2H3. The van der Waals surface area contributed by atoms with Gasteiger partial charge < -0.3 is 0 Å². The minimum atomic E-state index is 0.0875. The highest BCUT2D eigenvalue weighted by Gasteiger charge is 2.10. The number of hydrogen-bond donors (Lipinski definition) is 0. The SMILES string of the molecule is CC(C)c1ccc(C(=O)Cc2ccc(Br)cc2Cl)cc1. The first-order valence-electron chi connectivity index (χ1n) is 6.54. The Morgan fingerprint density at radius 2 is 1.80 bits per heavy atom. The molecule has 0 aromatic heterocycles. The molecule has 0 radical (unpaired) electrons. The maximum atomic E-state index is 12.3. The topological polar surface area (TPSA) is 17.1 Å². The molecule has 0 heterocycles. The average molecular weight is 352 g/mol. The van der Waals surface area contributed by atoms with Crippen LogP contribution >= 0.6 is 27.5 Å². The molecular formula is C17H16BrClO. The molecule has 0 aliphatic rings. The molecule has 0 atom stereocenters. The van der Waals surface area contributed by atoms with Gasteiger partial charge in [-0.1, -0.05) is 71.7 Å². The first-order valence-corrected chi connectivity index (χ1v) is 7.71. The molecule has 0 aliphatic heterocycles. The van der Waals surface area contributed by atoms with E-state index in [0.29, 0.717) is 17.4 Å². The molecule has 2 rings (SSSR count). The van der Waals surface area contributed by atoms with Crippen molar-refractivity contribution in [1.29, 1.82) is 0 Å². The summed E-state index contributed by atoms with van der Waals surface area (Å²) in [5.74, 6) is 0.560. The highest BCUT2D eigenvalue weighted by atomic mass is 79.9. The van der Waals surface area contributed by atoms with E-state index in [4.69, 9.17) is 11.6 Å². The highest BCUT2D eigenvalue weighted by Crippen LogP contribution is 2.23. The third kappa shape index (κ3) is 3.71. The number of ketones is 1. The lowest BCUT2D eigenvalue weighted by atomic mass is 9.98. The summed E-state index contributed by atoms with van der Waals surface area (Å²) in [6.45, 7) is 4.27. The van der Waals surface area contributed by atoms with Crippen LogP contribution in [0.15, 0.2) is 46.9 Å². The molecule has 1 nitrogen and oxygen atoms in total. The van der Waals surface area contributed by atoms with E-state index in [0.717, 1.165) is 15.6 Å². The summed E-state index contributed by atoms with van der Waals surface area (Å²) >= 11 is 9.51. The number of halogens is 2. The summed E-state index contributed by atoms with van der Waals surface area (Å²) in [7, 11) is 0. The van der Waals surface area contributed by atoms with Crippen molar-refractivity contribution in [3.63, 3.8) is 0 Å². The fourth-order valence-electron chi connectivity index (χ4n) is 1.99. The number of Topliss-reactive ketones (excluding diaryl/α,β-unsaturated/α-hetero) is 1. The summed E-state index contributed by atoms with van der Waals surface area (Å²) in [6, 6.07) is 13.4. The van der Waals surface area contributed by atoms with Gasteiger partial charge in [-0.05, 0) is 29.2 Å². The Kier molecular flexibility index (Phi) is 5.00. The summed E-state index contributed by atoms with van der Waals surface area (Å²) in [4.78, 5) is 12.3. The zero-order chi connectivity index (χ0) is 14.7. The van der Waals surface area contributed by atoms with Crippen molar-refractivity contribution in [2.24, 2.45) is 0 Å². The van der Waals surface area contributed by atoms with Crippen molar-refractivity contribution in [1.82, 2.24) is 0 Å². The Labute approximate surface area is 133 Å². The minimum Gasteiger partial charge on any atom is -0.294 e. The first kappa shape index (κ1) is 15.3. The molecule has 2 aromatic carbocycles. The van der Waals surface area contributed by atoms with E-state index in [1.54, 1.807) is 0 Å². The molecule has 3 heteroatoms. The van der Waals surface area contributed by atoms with Gasteiger partial charge in [0, 0.05) is 21.5 Å². The highest BCUT2D eigenvalue weighted by molar-refractivity contribution is 9.10. The van der Waals surface area contributed by atoms with E-state index in [1.165, 1.54) is 5.56 Å². The monoisotopic (exact) mass is 350 g/mol. The van der Waals surface area contributed by atoms with Crippen LogP contribution in [0.1, 0.15) is 41.3 Å². The van der Waals surface area contributed by atoms with Crippen molar-refractivity contribution in [2.75, 3.05) is 0 Å². The molecule has 0 N–H and O–H groups in total. The number of carbonyl (C=O) groups is 1. The quantitative estimate of drug-likeness (QED) is 0.650. The van der Waals surface area contributed by atoms with Crippen LogP contribution in [0.25, 0.3) is 0 Å². The Morgan fingerprint density at radius 3 is 2.35 bits per heavy atom. The Bertz CT molecular complexity index is 617. The van der Waals surface area contributed by atoms with Gasteiger partial charge in [-0.25, -0.2) is 0 Å². The van der Waals surface area contributed by atoms with E-state index >= 15 is 0 Å². The van der Waals surface area contributed by atoms with Crippen molar-refractivity contribution in [3.8, 4) is 0 Å². The molecule has 0 amide bonds. The van der Waals surface area contributed by atoms with Crippen LogP contribution in [0.4, 0.5) is 0 Å². The Balaban J connectivity index is 2.15. The van der Waals surface area contributed by atoms with Crippen molar-refractivity contribution < 1.29 is 4.79 Å². The maximum Gasteiger partial charge on any atom is 0.167 e. The molecule has 2 aromatic rings. The van der Waals surface area contributed by atoms with E-state index in [-0.39, 0.29) is 5.78 Å². The van der Waals surface area contributed by atoms with Gasteiger partial charge >= 0.3 is 0 Å². The van der Waals surface area contributed by atoms with Gasteiger partial charge in [0.1, 0.15) is 0 Å². The third-order valence-electron chi connectivity index (χ3n) is 3.27. The Hall–Kier alpha value is -1.12. The molecule has 20 heavy (non-hydrogen) atoms. The first-order chi connectivity index (χ1) is 9.47. The van der Waals surface area contributed by atoms with Gasteiger partial charge in [-0.2, -0.15) is 0 Å². The largest absolute Gasteiger partial charge is 0.294 e. The van der Waals surface area contributed by atoms with E-state index in [9.17, 15) is 4.79 Å². The molecule has 0 fully saturated rings. The van der Waals surface area contributed by atoms with Crippen LogP contribution in [0.5, 0.6) is 0 Å². The summed E-state index contributed by atoms with van der Waals surface area (Å²) < 4.78 is 0.917. The number of benzene rings is 2. The van der Waals surface area contributed by atoms with Gasteiger partial charge in [0.25, 0.3) is 0 Å². The molecule has 0 bridgehead atoms. The molecule has 0 spiro atoms. The van der Waals surface area contributed by atoms with Crippen LogP contribution in [-0.2, 0) is 6.42 Å². The number of hydrogen-bond acceptors (Lipinski definition) is 1. The van der Waals surface area contributed by atoms with Crippen LogP contribution in [0, 0.1) is 0 Å². The zero-order valence-electron chi connectivity index (χ0n) is 11.5. The van der Waals surface area contributed by atoms with Crippen LogP contribution in [0.3, 0.4) is 0 Å². The normalized spacial score (nSPS) is 10.8. The van der Waals surface area contributed by atoms with Gasteiger partial charge in [0.05, 0.1) is 0 Å². The number of rotatable bonds is 4. The van der Waals surface area contributed by atoms with Crippen LogP contribution in [-0.4, -0.2) is 5.78 Å². The minimum absolute atomic E-state index is 0.0875. The lowest BCUT2D eigenvalue weighted by Gasteiger charge is -2.07. The maximum absolute atomic E-state index is 12.3. The van der Waals surface area contributed by atoms with Gasteiger partial charge in [-0.3, -0.25) is 4.79 Å². The van der Waals surface area contributed by atoms with Gasteiger partial charge in [-0.15, -0.1) is 0 Å². The van der Waals surface area contributed by atoms with Gasteiger partial charge in [0.15, 0.2) is 5.78 Å². The average Bonchev–Trinajstić information content (AvgIpc) is 2.42. The molecule has 0 saturated carbocycles. The third-order valence-corrected chi connectivity index (χ3v) is 4.11. The Morgan fingerprint density at radius 1 is 1.15 bits per heavy atom. The van der Waals surface area contributed by atoms with Crippen LogP contribution in [0.2, 0.25) is 5.02 Å². The second-order valence-electron chi connectivity index (χ2n) is 5.11. The number of carbonyl (C=O) groups excluding carboxylic acids is 1. The molecule has 104 valence electrons. The fraction of sp³-hybridized carbons (Fsp3) is 0.235. The lowest BCUT2D eigenvalue weighted by Crippen LogP contribution is -2.04.